The number of rotatable bonds is 9. The van der Waals surface area contributed by atoms with Gasteiger partial charge >= 0.3 is 0 Å². The maximum absolute atomic E-state index is 5.70. The van der Waals surface area contributed by atoms with Crippen molar-refractivity contribution in [2.45, 2.75) is 71.4 Å². The Balaban J connectivity index is 3.89. The number of nitrogens with two attached hydrogens (primary N) is 1. The number of nitrogens with one attached hydrogen (secondary N) is 1. The van der Waals surface area contributed by atoms with Crippen LogP contribution in [0.2, 0.25) is 0 Å². The van der Waals surface area contributed by atoms with E-state index in [1.54, 1.807) is 0 Å². The Hall–Kier alpha value is -0.120. The zero-order chi connectivity index (χ0) is 11.7. The van der Waals surface area contributed by atoms with Crippen molar-refractivity contribution in [2.75, 3.05) is 6.61 Å². The topological polar surface area (TPSA) is 47.3 Å². The van der Waals surface area contributed by atoms with E-state index in [0.717, 1.165) is 13.0 Å². The van der Waals surface area contributed by atoms with Gasteiger partial charge in [0, 0.05) is 12.6 Å². The first-order valence-corrected chi connectivity index (χ1v) is 6.18. The van der Waals surface area contributed by atoms with Gasteiger partial charge in [0.15, 0.2) is 0 Å². The van der Waals surface area contributed by atoms with Gasteiger partial charge in [-0.2, -0.15) is 0 Å². The molecule has 3 N–H and O–H groups in total. The predicted molar refractivity (Wildman–Crippen MR) is 65.6 cm³/mol. The first-order chi connectivity index (χ1) is 7.08. The quantitative estimate of drug-likeness (QED) is 0.354. The van der Waals surface area contributed by atoms with Gasteiger partial charge in [-0.15, -0.1) is 0 Å². The van der Waals surface area contributed by atoms with E-state index in [1.165, 1.54) is 25.7 Å². The average molecular weight is 216 g/mol. The summed E-state index contributed by atoms with van der Waals surface area (Å²) in [5, 5.41) is 0. The fraction of sp³-hybridized carbons (Fsp3) is 1.00. The fourth-order valence-corrected chi connectivity index (χ4v) is 1.88. The van der Waals surface area contributed by atoms with Gasteiger partial charge in [0.05, 0.1) is 5.60 Å². The standard InChI is InChI=1S/C12H28N2O/c1-5-7-8-9-10-11(14-13)12(3,4)15-6-2/h11,14H,5-10,13H2,1-4H3. The van der Waals surface area contributed by atoms with Crippen molar-refractivity contribution in [3.05, 3.63) is 0 Å². The molecule has 1 unspecified atom stereocenters. The van der Waals surface area contributed by atoms with E-state index < -0.39 is 0 Å². The molecule has 0 aromatic carbocycles. The van der Waals surface area contributed by atoms with Gasteiger partial charge in [0.25, 0.3) is 0 Å². The van der Waals surface area contributed by atoms with Crippen molar-refractivity contribution in [2.24, 2.45) is 5.84 Å². The highest BCUT2D eigenvalue weighted by molar-refractivity contribution is 4.83. The highest BCUT2D eigenvalue weighted by Crippen LogP contribution is 2.19. The third kappa shape index (κ3) is 6.13. The minimum absolute atomic E-state index is 0.171. The molecule has 0 radical (unpaired) electrons. The molecule has 15 heavy (non-hydrogen) atoms. The fourth-order valence-electron chi connectivity index (χ4n) is 1.88. The Morgan fingerprint density at radius 3 is 2.33 bits per heavy atom. The summed E-state index contributed by atoms with van der Waals surface area (Å²) in [5.74, 6) is 5.57. The van der Waals surface area contributed by atoms with Gasteiger partial charge in [-0.05, 0) is 27.2 Å². The SMILES string of the molecule is CCCCCCC(NN)C(C)(C)OCC. The van der Waals surface area contributed by atoms with Crippen LogP contribution in [0.25, 0.3) is 0 Å². The summed E-state index contributed by atoms with van der Waals surface area (Å²) >= 11 is 0. The van der Waals surface area contributed by atoms with Gasteiger partial charge in [0.1, 0.15) is 0 Å². The molecule has 0 rings (SSSR count). The molecule has 0 aliphatic carbocycles. The summed E-state index contributed by atoms with van der Waals surface area (Å²) in [6, 6.07) is 0.245. The Morgan fingerprint density at radius 2 is 1.87 bits per heavy atom. The Labute approximate surface area is 94.7 Å². The van der Waals surface area contributed by atoms with E-state index >= 15 is 0 Å². The van der Waals surface area contributed by atoms with Crippen LogP contribution in [0, 0.1) is 0 Å². The minimum atomic E-state index is -0.171. The first kappa shape index (κ1) is 14.9. The molecular formula is C12H28N2O. The van der Waals surface area contributed by atoms with Gasteiger partial charge in [-0.1, -0.05) is 32.6 Å². The van der Waals surface area contributed by atoms with Crippen LogP contribution in [0.5, 0.6) is 0 Å². The Bertz CT molecular complexity index is 149. The second-order valence-electron chi connectivity index (χ2n) is 4.61. The zero-order valence-corrected chi connectivity index (χ0v) is 10.8. The molecule has 3 heteroatoms. The summed E-state index contributed by atoms with van der Waals surface area (Å²) < 4.78 is 5.70. The second-order valence-corrected chi connectivity index (χ2v) is 4.61. The second kappa shape index (κ2) is 8.08. The van der Waals surface area contributed by atoms with E-state index in [9.17, 15) is 0 Å². The van der Waals surface area contributed by atoms with Crippen LogP contribution in [0.15, 0.2) is 0 Å². The molecule has 0 fully saturated rings. The molecule has 0 aromatic heterocycles. The highest BCUT2D eigenvalue weighted by atomic mass is 16.5. The number of unbranched alkanes of at least 4 members (excludes halogenated alkanes) is 3. The van der Waals surface area contributed by atoms with Crippen molar-refractivity contribution in [3.8, 4) is 0 Å². The van der Waals surface area contributed by atoms with Gasteiger partial charge in [-0.3, -0.25) is 11.3 Å². The molecule has 0 amide bonds. The lowest BCUT2D eigenvalue weighted by Gasteiger charge is -2.33. The zero-order valence-electron chi connectivity index (χ0n) is 10.8. The third-order valence-electron chi connectivity index (χ3n) is 2.90. The van der Waals surface area contributed by atoms with Gasteiger partial charge in [0.2, 0.25) is 0 Å². The summed E-state index contributed by atoms with van der Waals surface area (Å²) in [4.78, 5) is 0. The minimum Gasteiger partial charge on any atom is -0.374 e. The summed E-state index contributed by atoms with van der Waals surface area (Å²) in [6.07, 6.45) is 6.18. The number of ether oxygens (including phenoxy) is 1. The molecule has 92 valence electrons. The number of hydrogen-bond donors (Lipinski definition) is 2. The van der Waals surface area contributed by atoms with Crippen LogP contribution in [-0.2, 0) is 4.74 Å². The molecule has 1 atom stereocenters. The number of hydrogen-bond acceptors (Lipinski definition) is 3. The van der Waals surface area contributed by atoms with Crippen molar-refractivity contribution in [3.63, 3.8) is 0 Å². The van der Waals surface area contributed by atoms with Gasteiger partial charge < -0.3 is 4.74 Å². The molecular weight excluding hydrogens is 188 g/mol. The Kier molecular flexibility index (Phi) is 8.02. The normalized spacial score (nSPS) is 14.2. The summed E-state index contributed by atoms with van der Waals surface area (Å²) in [7, 11) is 0. The molecule has 0 aliphatic rings. The lowest BCUT2D eigenvalue weighted by atomic mass is 9.93. The van der Waals surface area contributed by atoms with E-state index in [2.05, 4.69) is 26.2 Å². The van der Waals surface area contributed by atoms with Crippen molar-refractivity contribution in [1.82, 2.24) is 5.43 Å². The molecule has 0 heterocycles. The Morgan fingerprint density at radius 1 is 1.20 bits per heavy atom. The maximum Gasteiger partial charge on any atom is 0.0792 e. The van der Waals surface area contributed by atoms with Crippen molar-refractivity contribution < 1.29 is 4.74 Å². The van der Waals surface area contributed by atoms with E-state index in [1.807, 2.05) is 6.92 Å². The van der Waals surface area contributed by atoms with Crippen LogP contribution in [0.1, 0.15) is 59.8 Å². The highest BCUT2D eigenvalue weighted by Gasteiger charge is 2.28. The largest absolute Gasteiger partial charge is 0.374 e. The molecule has 0 aromatic rings. The molecule has 3 nitrogen and oxygen atoms in total. The van der Waals surface area contributed by atoms with Gasteiger partial charge in [-0.25, -0.2) is 0 Å². The third-order valence-corrected chi connectivity index (χ3v) is 2.90. The van der Waals surface area contributed by atoms with E-state index in [0.29, 0.717) is 0 Å². The number of hydrazine groups is 1. The van der Waals surface area contributed by atoms with Crippen LogP contribution in [0.3, 0.4) is 0 Å². The molecule has 0 spiro atoms. The van der Waals surface area contributed by atoms with Crippen molar-refractivity contribution in [1.29, 1.82) is 0 Å². The molecule has 0 bridgehead atoms. The van der Waals surface area contributed by atoms with Crippen LogP contribution in [0.4, 0.5) is 0 Å². The lowest BCUT2D eigenvalue weighted by Crippen LogP contribution is -2.51. The molecule has 0 aliphatic heterocycles. The predicted octanol–water partition coefficient (Wildman–Crippen LogP) is 2.60. The van der Waals surface area contributed by atoms with Crippen LogP contribution < -0.4 is 11.3 Å². The lowest BCUT2D eigenvalue weighted by molar-refractivity contribution is -0.0406. The summed E-state index contributed by atoms with van der Waals surface area (Å²) in [6.45, 7) is 9.18. The summed E-state index contributed by atoms with van der Waals surface area (Å²) in [5.41, 5.74) is 2.71. The molecule has 0 saturated carbocycles. The smallest absolute Gasteiger partial charge is 0.0792 e. The average Bonchev–Trinajstić information content (AvgIpc) is 2.17. The van der Waals surface area contributed by atoms with Crippen LogP contribution >= 0.6 is 0 Å². The first-order valence-electron chi connectivity index (χ1n) is 6.18. The van der Waals surface area contributed by atoms with E-state index in [-0.39, 0.29) is 11.6 Å². The maximum atomic E-state index is 5.70. The van der Waals surface area contributed by atoms with Crippen molar-refractivity contribution >= 4 is 0 Å². The van der Waals surface area contributed by atoms with Crippen LogP contribution in [-0.4, -0.2) is 18.2 Å². The molecule has 0 saturated heterocycles. The van der Waals surface area contributed by atoms with E-state index in [4.69, 9.17) is 10.6 Å². The monoisotopic (exact) mass is 216 g/mol.